The summed E-state index contributed by atoms with van der Waals surface area (Å²) < 4.78 is 9.48. The molecule has 0 aliphatic carbocycles. The monoisotopic (exact) mass is 338 g/mol. The van der Waals surface area contributed by atoms with Gasteiger partial charge in [0.2, 0.25) is 0 Å². The molecule has 0 saturated carbocycles. The van der Waals surface area contributed by atoms with E-state index in [1.165, 1.54) is 4.57 Å². The van der Waals surface area contributed by atoms with E-state index in [-0.39, 0.29) is 5.56 Å². The lowest BCUT2D eigenvalue weighted by Gasteiger charge is -2.27. The quantitative estimate of drug-likeness (QED) is 0.929. The Hall–Kier alpha value is -1.60. The lowest BCUT2D eigenvalue weighted by molar-refractivity contribution is -0.0293. The molecule has 1 aliphatic heterocycles. The summed E-state index contributed by atoms with van der Waals surface area (Å²) in [5.74, 6) is 0.671. The third-order valence-electron chi connectivity index (χ3n) is 3.30. The van der Waals surface area contributed by atoms with Crippen LogP contribution in [0.4, 0.5) is 11.5 Å². The predicted molar refractivity (Wildman–Crippen MR) is 79.5 cm³/mol. The highest BCUT2D eigenvalue weighted by atomic mass is 79.9. The number of hydrogen-bond donors (Lipinski definition) is 1. The molecule has 0 bridgehead atoms. The molecule has 0 amide bonds. The van der Waals surface area contributed by atoms with Gasteiger partial charge in [0.15, 0.2) is 5.82 Å². The number of pyridine rings is 1. The smallest absolute Gasteiger partial charge is 0.274 e. The van der Waals surface area contributed by atoms with Crippen molar-refractivity contribution in [3.8, 4) is 0 Å². The van der Waals surface area contributed by atoms with E-state index < -0.39 is 0 Å². The van der Waals surface area contributed by atoms with Gasteiger partial charge in [-0.25, -0.2) is 0 Å². The molecule has 1 fully saturated rings. The third-order valence-corrected chi connectivity index (χ3v) is 3.74. The molecule has 0 spiro atoms. The van der Waals surface area contributed by atoms with Crippen LogP contribution in [0.2, 0.25) is 0 Å². The van der Waals surface area contributed by atoms with E-state index in [0.29, 0.717) is 30.8 Å². The van der Waals surface area contributed by atoms with E-state index in [9.17, 15) is 4.79 Å². The SMILES string of the molecule is Cc1cc(Nc2cc(Br)cn(C)c2=O)nn1C1COC1. The Morgan fingerprint density at radius 2 is 2.20 bits per heavy atom. The van der Waals surface area contributed by atoms with E-state index in [2.05, 4.69) is 26.3 Å². The molecule has 2 aromatic heterocycles. The average Bonchev–Trinajstić information content (AvgIpc) is 2.64. The molecule has 0 atom stereocenters. The second-order valence-corrected chi connectivity index (χ2v) is 5.84. The number of ether oxygens (including phenoxy) is 1. The van der Waals surface area contributed by atoms with Crippen molar-refractivity contribution in [2.24, 2.45) is 7.05 Å². The fraction of sp³-hybridized carbons (Fsp3) is 0.385. The van der Waals surface area contributed by atoms with Gasteiger partial charge in [-0.15, -0.1) is 0 Å². The van der Waals surface area contributed by atoms with Crippen molar-refractivity contribution >= 4 is 27.4 Å². The molecule has 2 aromatic rings. The van der Waals surface area contributed by atoms with Crippen LogP contribution in [0.5, 0.6) is 0 Å². The van der Waals surface area contributed by atoms with Crippen LogP contribution in [-0.2, 0) is 11.8 Å². The molecule has 1 N–H and O–H groups in total. The number of nitrogens with zero attached hydrogens (tertiary/aromatic N) is 3. The highest BCUT2D eigenvalue weighted by Crippen LogP contribution is 2.22. The number of aryl methyl sites for hydroxylation is 2. The molecule has 6 nitrogen and oxygen atoms in total. The van der Waals surface area contributed by atoms with E-state index in [1.807, 2.05) is 17.7 Å². The first-order chi connectivity index (χ1) is 9.54. The van der Waals surface area contributed by atoms with Gasteiger partial charge in [-0.3, -0.25) is 9.48 Å². The molecule has 3 heterocycles. The molecular weight excluding hydrogens is 324 g/mol. The minimum atomic E-state index is -0.0904. The van der Waals surface area contributed by atoms with Gasteiger partial charge in [-0.05, 0) is 28.9 Å². The Balaban J connectivity index is 1.90. The maximum Gasteiger partial charge on any atom is 0.274 e. The van der Waals surface area contributed by atoms with Crippen molar-refractivity contribution in [1.82, 2.24) is 14.3 Å². The maximum atomic E-state index is 12.0. The van der Waals surface area contributed by atoms with Crippen molar-refractivity contribution in [2.45, 2.75) is 13.0 Å². The number of nitrogens with one attached hydrogen (secondary N) is 1. The maximum absolute atomic E-state index is 12.0. The first kappa shape index (κ1) is 13.4. The van der Waals surface area contributed by atoms with Gasteiger partial charge in [-0.2, -0.15) is 5.10 Å². The molecule has 1 aliphatic rings. The fourth-order valence-corrected chi connectivity index (χ4v) is 2.72. The van der Waals surface area contributed by atoms with E-state index in [4.69, 9.17) is 4.74 Å². The van der Waals surface area contributed by atoms with Crippen LogP contribution in [0.1, 0.15) is 11.7 Å². The number of anilines is 2. The van der Waals surface area contributed by atoms with Gasteiger partial charge in [0, 0.05) is 29.5 Å². The largest absolute Gasteiger partial charge is 0.377 e. The highest BCUT2D eigenvalue weighted by molar-refractivity contribution is 9.10. The Morgan fingerprint density at radius 3 is 2.85 bits per heavy atom. The molecular formula is C13H15BrN4O2. The van der Waals surface area contributed by atoms with Crippen molar-refractivity contribution in [1.29, 1.82) is 0 Å². The van der Waals surface area contributed by atoms with Gasteiger partial charge in [-0.1, -0.05) is 0 Å². The predicted octanol–water partition coefficient (Wildman–Crippen LogP) is 1.97. The zero-order chi connectivity index (χ0) is 14.3. The summed E-state index contributed by atoms with van der Waals surface area (Å²) >= 11 is 3.38. The molecule has 20 heavy (non-hydrogen) atoms. The van der Waals surface area contributed by atoms with Crippen molar-refractivity contribution in [3.05, 3.63) is 38.9 Å². The zero-order valence-electron chi connectivity index (χ0n) is 11.3. The van der Waals surface area contributed by atoms with E-state index >= 15 is 0 Å². The summed E-state index contributed by atoms with van der Waals surface area (Å²) in [6, 6.07) is 3.98. The molecule has 106 valence electrons. The molecule has 0 radical (unpaired) electrons. The first-order valence-electron chi connectivity index (χ1n) is 6.31. The second-order valence-electron chi connectivity index (χ2n) is 4.92. The summed E-state index contributed by atoms with van der Waals surface area (Å²) in [7, 11) is 1.72. The summed E-state index contributed by atoms with van der Waals surface area (Å²) in [6.45, 7) is 3.39. The summed E-state index contributed by atoms with van der Waals surface area (Å²) in [5, 5.41) is 7.57. The van der Waals surface area contributed by atoms with Crippen LogP contribution >= 0.6 is 15.9 Å². The van der Waals surface area contributed by atoms with Crippen molar-refractivity contribution in [3.63, 3.8) is 0 Å². The number of aromatic nitrogens is 3. The minimum absolute atomic E-state index is 0.0904. The van der Waals surface area contributed by atoms with Crippen LogP contribution in [0.15, 0.2) is 27.6 Å². The highest BCUT2D eigenvalue weighted by Gasteiger charge is 2.23. The number of hydrogen-bond acceptors (Lipinski definition) is 4. The van der Waals surface area contributed by atoms with Crippen LogP contribution in [0, 0.1) is 6.92 Å². The zero-order valence-corrected chi connectivity index (χ0v) is 12.8. The standard InChI is InChI=1S/C13H15BrN4O2/c1-8-3-12(16-18(8)10-6-20-7-10)15-11-4-9(14)5-17(2)13(11)19/h3-5,10H,6-7H2,1-2H3,(H,15,16). The molecule has 7 heteroatoms. The summed E-state index contributed by atoms with van der Waals surface area (Å²) in [5.41, 5.74) is 1.45. The lowest BCUT2D eigenvalue weighted by atomic mass is 10.2. The van der Waals surface area contributed by atoms with Crippen molar-refractivity contribution < 1.29 is 4.74 Å². The molecule has 0 unspecified atom stereocenters. The Morgan fingerprint density at radius 1 is 1.45 bits per heavy atom. The topological polar surface area (TPSA) is 61.1 Å². The van der Waals surface area contributed by atoms with E-state index in [0.717, 1.165) is 10.2 Å². The third kappa shape index (κ3) is 2.38. The summed E-state index contributed by atoms with van der Waals surface area (Å²) in [6.07, 6.45) is 1.73. The van der Waals surface area contributed by atoms with Gasteiger partial charge < -0.3 is 14.6 Å². The Kier molecular flexibility index (Phi) is 3.39. The van der Waals surface area contributed by atoms with Gasteiger partial charge in [0.25, 0.3) is 5.56 Å². The van der Waals surface area contributed by atoms with Gasteiger partial charge in [0.1, 0.15) is 5.69 Å². The molecule has 3 rings (SSSR count). The first-order valence-corrected chi connectivity index (χ1v) is 7.11. The average molecular weight is 339 g/mol. The van der Waals surface area contributed by atoms with Crippen LogP contribution in [-0.4, -0.2) is 27.6 Å². The second kappa shape index (κ2) is 5.06. The van der Waals surface area contributed by atoms with Crippen LogP contribution < -0.4 is 10.9 Å². The van der Waals surface area contributed by atoms with Crippen molar-refractivity contribution in [2.75, 3.05) is 18.5 Å². The van der Waals surface area contributed by atoms with Crippen LogP contribution in [0.25, 0.3) is 0 Å². The van der Waals surface area contributed by atoms with E-state index in [1.54, 1.807) is 19.3 Å². The Bertz CT molecular complexity index is 703. The minimum Gasteiger partial charge on any atom is -0.377 e. The number of halogens is 1. The molecule has 1 saturated heterocycles. The van der Waals surface area contributed by atoms with Gasteiger partial charge in [0.05, 0.1) is 19.3 Å². The summed E-state index contributed by atoms with van der Waals surface area (Å²) in [4.78, 5) is 12.0. The number of rotatable bonds is 3. The normalized spacial score (nSPS) is 15.2. The van der Waals surface area contributed by atoms with Crippen LogP contribution in [0.3, 0.4) is 0 Å². The van der Waals surface area contributed by atoms with Gasteiger partial charge >= 0.3 is 0 Å². The molecule has 0 aromatic carbocycles. The fourth-order valence-electron chi connectivity index (χ4n) is 2.18. The Labute approximate surface area is 124 Å². The lowest BCUT2D eigenvalue weighted by Crippen LogP contribution is -2.32.